The normalized spacial score (nSPS) is 23.9. The smallest absolute Gasteiger partial charge is 0.306 e. The van der Waals surface area contributed by atoms with E-state index in [9.17, 15) is 4.79 Å². The summed E-state index contributed by atoms with van der Waals surface area (Å²) in [6, 6.07) is 0. The molecule has 0 amide bonds. The molecule has 0 aromatic heterocycles. The van der Waals surface area contributed by atoms with Crippen LogP contribution in [-0.2, 0) is 9.53 Å². The second kappa shape index (κ2) is 13.2. The summed E-state index contributed by atoms with van der Waals surface area (Å²) in [5.41, 5.74) is 0. The van der Waals surface area contributed by atoms with Gasteiger partial charge < -0.3 is 4.74 Å². The average molecular weight is 296 g/mol. The van der Waals surface area contributed by atoms with Gasteiger partial charge >= 0.3 is 5.97 Å². The maximum atomic E-state index is 11.9. The SMILES string of the molecule is CCCCCC1CCCCCCCCCCCCC(=O)O1. The molecule has 0 N–H and O–H groups in total. The zero-order chi connectivity index (χ0) is 15.2. The Bertz CT molecular complexity index is 250. The van der Waals surface area contributed by atoms with E-state index in [1.54, 1.807) is 0 Å². The van der Waals surface area contributed by atoms with Crippen molar-refractivity contribution < 1.29 is 9.53 Å². The molecule has 2 nitrogen and oxygen atoms in total. The molecule has 0 saturated carbocycles. The van der Waals surface area contributed by atoms with E-state index in [2.05, 4.69) is 6.92 Å². The van der Waals surface area contributed by atoms with E-state index in [-0.39, 0.29) is 12.1 Å². The topological polar surface area (TPSA) is 26.3 Å². The standard InChI is InChI=1S/C19H36O2/c1-2-3-12-15-18-16-13-10-8-6-4-5-7-9-11-14-17-19(20)21-18/h18H,2-17H2,1H3. The Morgan fingerprint density at radius 1 is 0.857 bits per heavy atom. The summed E-state index contributed by atoms with van der Waals surface area (Å²) >= 11 is 0. The molecule has 124 valence electrons. The summed E-state index contributed by atoms with van der Waals surface area (Å²) in [4.78, 5) is 11.9. The van der Waals surface area contributed by atoms with Crippen LogP contribution in [0.25, 0.3) is 0 Å². The highest BCUT2D eigenvalue weighted by atomic mass is 16.5. The minimum atomic E-state index is 0.0476. The van der Waals surface area contributed by atoms with Crippen molar-refractivity contribution >= 4 is 5.97 Å². The van der Waals surface area contributed by atoms with Gasteiger partial charge in [0.2, 0.25) is 0 Å². The van der Waals surface area contributed by atoms with Crippen LogP contribution in [0.3, 0.4) is 0 Å². The third-order valence-corrected chi connectivity index (χ3v) is 4.58. The van der Waals surface area contributed by atoms with E-state index in [1.165, 1.54) is 77.0 Å². The van der Waals surface area contributed by atoms with Crippen molar-refractivity contribution in [3.8, 4) is 0 Å². The van der Waals surface area contributed by atoms with Crippen molar-refractivity contribution in [3.63, 3.8) is 0 Å². The summed E-state index contributed by atoms with van der Waals surface area (Å²) < 4.78 is 5.73. The molecule has 1 aliphatic rings. The van der Waals surface area contributed by atoms with E-state index >= 15 is 0 Å². The first-order chi connectivity index (χ1) is 10.3. The fourth-order valence-corrected chi connectivity index (χ4v) is 3.18. The highest BCUT2D eigenvalue weighted by Gasteiger charge is 2.14. The van der Waals surface area contributed by atoms with Crippen LogP contribution in [0.15, 0.2) is 0 Å². The Morgan fingerprint density at radius 2 is 1.43 bits per heavy atom. The van der Waals surface area contributed by atoms with Gasteiger partial charge in [0, 0.05) is 6.42 Å². The van der Waals surface area contributed by atoms with Crippen molar-refractivity contribution in [1.29, 1.82) is 0 Å². The lowest BCUT2D eigenvalue weighted by Gasteiger charge is -2.18. The summed E-state index contributed by atoms with van der Waals surface area (Å²) in [7, 11) is 0. The van der Waals surface area contributed by atoms with Crippen molar-refractivity contribution in [2.45, 2.75) is 116 Å². The molecule has 1 aliphatic heterocycles. The van der Waals surface area contributed by atoms with Crippen molar-refractivity contribution in [2.75, 3.05) is 0 Å². The number of esters is 1. The Balaban J connectivity index is 2.34. The van der Waals surface area contributed by atoms with Crippen molar-refractivity contribution in [3.05, 3.63) is 0 Å². The van der Waals surface area contributed by atoms with Gasteiger partial charge in [-0.3, -0.25) is 4.79 Å². The molecule has 1 saturated heterocycles. The molecule has 21 heavy (non-hydrogen) atoms. The van der Waals surface area contributed by atoms with Crippen LogP contribution in [0.1, 0.15) is 110 Å². The minimum Gasteiger partial charge on any atom is -0.462 e. The highest BCUT2D eigenvalue weighted by Crippen LogP contribution is 2.18. The van der Waals surface area contributed by atoms with Crippen LogP contribution in [0, 0.1) is 0 Å². The van der Waals surface area contributed by atoms with E-state index in [1.807, 2.05) is 0 Å². The number of carbonyl (C=O) groups is 1. The lowest BCUT2D eigenvalue weighted by molar-refractivity contribution is -0.150. The summed E-state index contributed by atoms with van der Waals surface area (Å²) in [5, 5.41) is 0. The van der Waals surface area contributed by atoms with Gasteiger partial charge in [-0.1, -0.05) is 71.1 Å². The monoisotopic (exact) mass is 296 g/mol. The molecule has 0 radical (unpaired) electrons. The third-order valence-electron chi connectivity index (χ3n) is 4.58. The number of rotatable bonds is 4. The first-order valence-corrected chi connectivity index (χ1v) is 9.52. The molecule has 0 spiro atoms. The van der Waals surface area contributed by atoms with Gasteiger partial charge in [0.1, 0.15) is 6.10 Å². The Labute approximate surface area is 132 Å². The van der Waals surface area contributed by atoms with Crippen LogP contribution < -0.4 is 0 Å². The molecule has 0 aromatic rings. The molecule has 1 fully saturated rings. The first kappa shape index (κ1) is 18.5. The number of hydrogen-bond donors (Lipinski definition) is 0. The highest BCUT2D eigenvalue weighted by molar-refractivity contribution is 5.69. The van der Waals surface area contributed by atoms with Crippen molar-refractivity contribution in [2.24, 2.45) is 0 Å². The second-order valence-electron chi connectivity index (χ2n) is 6.68. The molecule has 1 rings (SSSR count). The Kier molecular flexibility index (Phi) is 11.6. The maximum absolute atomic E-state index is 11.9. The molecule has 1 unspecified atom stereocenters. The van der Waals surface area contributed by atoms with E-state index in [4.69, 9.17) is 4.74 Å². The summed E-state index contributed by atoms with van der Waals surface area (Å²) in [6.45, 7) is 2.22. The lowest BCUT2D eigenvalue weighted by Crippen LogP contribution is -2.18. The van der Waals surface area contributed by atoms with Crippen molar-refractivity contribution in [1.82, 2.24) is 0 Å². The molecule has 2 heteroatoms. The fraction of sp³-hybridized carbons (Fsp3) is 0.947. The number of unbranched alkanes of at least 4 members (excludes halogenated alkanes) is 2. The largest absolute Gasteiger partial charge is 0.462 e. The van der Waals surface area contributed by atoms with Crippen LogP contribution >= 0.6 is 0 Å². The van der Waals surface area contributed by atoms with Gasteiger partial charge in [-0.15, -0.1) is 0 Å². The molecule has 1 heterocycles. The third kappa shape index (κ3) is 10.8. The predicted molar refractivity (Wildman–Crippen MR) is 89.4 cm³/mol. The summed E-state index contributed by atoms with van der Waals surface area (Å²) in [5.74, 6) is 0.0476. The Hall–Kier alpha value is -0.530. The number of ether oxygens (including phenoxy) is 1. The van der Waals surface area contributed by atoms with Gasteiger partial charge in [-0.25, -0.2) is 0 Å². The maximum Gasteiger partial charge on any atom is 0.306 e. The molecule has 0 aliphatic carbocycles. The quantitative estimate of drug-likeness (QED) is 0.458. The van der Waals surface area contributed by atoms with Gasteiger partial charge in [0.25, 0.3) is 0 Å². The number of carbonyl (C=O) groups excluding carboxylic acids is 1. The van der Waals surface area contributed by atoms with Crippen LogP contribution in [0.4, 0.5) is 0 Å². The second-order valence-corrected chi connectivity index (χ2v) is 6.68. The molecule has 0 bridgehead atoms. The average Bonchev–Trinajstić information content (AvgIpc) is 2.48. The zero-order valence-corrected chi connectivity index (χ0v) is 14.2. The van der Waals surface area contributed by atoms with E-state index in [0.717, 1.165) is 19.3 Å². The number of cyclic esters (lactones) is 1. The van der Waals surface area contributed by atoms with Gasteiger partial charge in [-0.05, 0) is 32.1 Å². The molecule has 1 atom stereocenters. The van der Waals surface area contributed by atoms with Crippen LogP contribution in [-0.4, -0.2) is 12.1 Å². The lowest BCUT2D eigenvalue weighted by atomic mass is 10.0. The van der Waals surface area contributed by atoms with E-state index < -0.39 is 0 Å². The first-order valence-electron chi connectivity index (χ1n) is 9.52. The molecular weight excluding hydrogens is 260 g/mol. The van der Waals surface area contributed by atoms with Gasteiger partial charge in [0.15, 0.2) is 0 Å². The molecular formula is C19H36O2. The van der Waals surface area contributed by atoms with Crippen LogP contribution in [0.2, 0.25) is 0 Å². The fourth-order valence-electron chi connectivity index (χ4n) is 3.18. The zero-order valence-electron chi connectivity index (χ0n) is 14.2. The van der Waals surface area contributed by atoms with Gasteiger partial charge in [0.05, 0.1) is 0 Å². The van der Waals surface area contributed by atoms with Crippen LogP contribution in [0.5, 0.6) is 0 Å². The minimum absolute atomic E-state index is 0.0476. The summed E-state index contributed by atoms with van der Waals surface area (Å²) in [6.07, 6.45) is 19.6. The molecule has 0 aromatic carbocycles. The van der Waals surface area contributed by atoms with E-state index in [0.29, 0.717) is 6.42 Å². The Morgan fingerprint density at radius 3 is 2.05 bits per heavy atom. The number of hydrogen-bond acceptors (Lipinski definition) is 2. The predicted octanol–water partition coefficient (Wildman–Crippen LogP) is 6.17. The van der Waals surface area contributed by atoms with Gasteiger partial charge in [-0.2, -0.15) is 0 Å².